The largest absolute Gasteiger partial charge is 0.872 e. The second-order valence-corrected chi connectivity index (χ2v) is 5.54. The number of H-pyrrole nitrogens is 2. The van der Waals surface area contributed by atoms with E-state index in [2.05, 4.69) is 19.8 Å². The van der Waals surface area contributed by atoms with Gasteiger partial charge in [0.1, 0.15) is 5.82 Å². The van der Waals surface area contributed by atoms with Gasteiger partial charge in [-0.3, -0.25) is 9.32 Å². The summed E-state index contributed by atoms with van der Waals surface area (Å²) in [5, 5.41) is 14.5. The van der Waals surface area contributed by atoms with E-state index in [4.69, 9.17) is 0 Å². The van der Waals surface area contributed by atoms with Gasteiger partial charge in [0.05, 0.1) is 10.9 Å². The number of hydrogen-bond donors (Lipinski definition) is 2. The Hall–Kier alpha value is -3.94. The van der Waals surface area contributed by atoms with Gasteiger partial charge in [0.15, 0.2) is 0 Å². The summed E-state index contributed by atoms with van der Waals surface area (Å²) in [4.78, 5) is 30.5. The van der Waals surface area contributed by atoms with Crippen LogP contribution >= 0.6 is 0 Å². The standard InChI is InChI=1S/C18H12N4O4/c23-15-4-2-1-3-11(15)5-8-16-19-14-7-6-12(9-13(14)18(25)20-16)22-10-17(24)26-21-22/h1-10H,(H2-,19,20,21,23,24,25). The maximum absolute atomic E-state index is 12.4. The fourth-order valence-corrected chi connectivity index (χ4v) is 2.54. The zero-order chi connectivity index (χ0) is 18.1. The molecule has 0 fully saturated rings. The summed E-state index contributed by atoms with van der Waals surface area (Å²) < 4.78 is 5.97. The van der Waals surface area contributed by atoms with E-state index in [9.17, 15) is 14.7 Å². The van der Waals surface area contributed by atoms with Crippen molar-refractivity contribution in [1.82, 2.24) is 15.2 Å². The van der Waals surface area contributed by atoms with E-state index >= 15 is 0 Å². The number of rotatable bonds is 3. The van der Waals surface area contributed by atoms with E-state index in [-0.39, 0.29) is 11.3 Å². The summed E-state index contributed by atoms with van der Waals surface area (Å²) in [6.07, 6.45) is 4.40. The summed E-state index contributed by atoms with van der Waals surface area (Å²) in [5.41, 5.74) is 0.679. The Morgan fingerprint density at radius 1 is 1.12 bits per heavy atom. The number of aromatic amines is 2. The van der Waals surface area contributed by atoms with Gasteiger partial charge in [-0.1, -0.05) is 30.3 Å². The fourth-order valence-electron chi connectivity index (χ4n) is 2.54. The van der Waals surface area contributed by atoms with Crippen molar-refractivity contribution in [1.29, 1.82) is 0 Å². The van der Waals surface area contributed by atoms with Crippen molar-refractivity contribution in [3.8, 4) is 11.4 Å². The Kier molecular flexibility index (Phi) is 3.70. The first kappa shape index (κ1) is 15.6. The first-order chi connectivity index (χ1) is 12.6. The molecule has 0 saturated heterocycles. The molecule has 0 radical (unpaired) electrons. The number of hydrogen-bond acceptors (Lipinski definition) is 5. The molecule has 0 aliphatic rings. The van der Waals surface area contributed by atoms with Crippen LogP contribution in [0.3, 0.4) is 0 Å². The van der Waals surface area contributed by atoms with Crippen LogP contribution in [0.25, 0.3) is 28.7 Å². The van der Waals surface area contributed by atoms with Gasteiger partial charge in [-0.25, -0.2) is 9.78 Å². The average Bonchev–Trinajstić information content (AvgIpc) is 3.07. The molecule has 8 nitrogen and oxygen atoms in total. The molecule has 26 heavy (non-hydrogen) atoms. The first-order valence-corrected chi connectivity index (χ1v) is 7.69. The van der Waals surface area contributed by atoms with Crippen LogP contribution < -0.4 is 21.0 Å². The van der Waals surface area contributed by atoms with Crippen molar-refractivity contribution in [3.63, 3.8) is 0 Å². The predicted molar refractivity (Wildman–Crippen MR) is 91.6 cm³/mol. The molecule has 8 heteroatoms. The molecule has 2 heterocycles. The van der Waals surface area contributed by atoms with Gasteiger partial charge in [-0.05, 0) is 27.7 Å². The summed E-state index contributed by atoms with van der Waals surface area (Å²) >= 11 is 0. The highest BCUT2D eigenvalue weighted by molar-refractivity contribution is 5.80. The molecule has 0 atom stereocenters. The molecule has 4 rings (SSSR count). The van der Waals surface area contributed by atoms with Crippen LogP contribution in [-0.2, 0) is 0 Å². The van der Waals surface area contributed by atoms with Gasteiger partial charge >= 0.3 is 5.63 Å². The minimum absolute atomic E-state index is 0.109. The van der Waals surface area contributed by atoms with Crippen LogP contribution in [0.4, 0.5) is 0 Å². The normalized spacial score (nSPS) is 11.4. The number of nitrogens with one attached hydrogen (secondary N) is 2. The fraction of sp³-hybridized carbons (Fsp3) is 0. The summed E-state index contributed by atoms with van der Waals surface area (Å²) in [7, 11) is 0. The van der Waals surface area contributed by atoms with E-state index in [0.29, 0.717) is 28.0 Å². The highest BCUT2D eigenvalue weighted by atomic mass is 16.5. The number of fused-ring (bicyclic) bond motifs is 1. The second kappa shape index (κ2) is 6.17. The molecular formula is C18H12N4O4. The Bertz CT molecular complexity index is 1250. The number of nitrogens with zero attached hydrogens (tertiary/aromatic N) is 2. The smallest absolute Gasteiger partial charge is 0.427 e. The quantitative estimate of drug-likeness (QED) is 0.529. The van der Waals surface area contributed by atoms with Crippen molar-refractivity contribution in [2.45, 2.75) is 0 Å². The first-order valence-electron chi connectivity index (χ1n) is 7.69. The Morgan fingerprint density at radius 2 is 1.96 bits per heavy atom. The molecule has 0 amide bonds. The van der Waals surface area contributed by atoms with Crippen molar-refractivity contribution in [2.75, 3.05) is 0 Å². The number of aromatic nitrogens is 4. The monoisotopic (exact) mass is 348 g/mol. The molecule has 0 unspecified atom stereocenters. The van der Waals surface area contributed by atoms with Crippen LogP contribution in [-0.4, -0.2) is 15.2 Å². The van der Waals surface area contributed by atoms with Crippen LogP contribution in [0, 0.1) is 0 Å². The molecule has 0 aliphatic heterocycles. The van der Waals surface area contributed by atoms with Gasteiger partial charge in [0, 0.05) is 12.1 Å². The van der Waals surface area contributed by atoms with Crippen molar-refractivity contribution in [3.05, 3.63) is 80.8 Å². The Balaban J connectivity index is 1.74. The molecule has 128 valence electrons. The third-order valence-corrected chi connectivity index (χ3v) is 3.80. The molecule has 0 bridgehead atoms. The van der Waals surface area contributed by atoms with Gasteiger partial charge in [-0.15, -0.1) is 5.75 Å². The molecule has 0 saturated carbocycles. The van der Waals surface area contributed by atoms with Crippen molar-refractivity contribution in [2.24, 2.45) is 0 Å². The van der Waals surface area contributed by atoms with Crippen LogP contribution in [0.15, 0.2) is 62.8 Å². The molecule has 2 aromatic heterocycles. The highest BCUT2D eigenvalue weighted by Crippen LogP contribution is 2.16. The van der Waals surface area contributed by atoms with Gasteiger partial charge in [-0.2, -0.15) is 0 Å². The lowest BCUT2D eigenvalue weighted by atomic mass is 10.2. The van der Waals surface area contributed by atoms with Gasteiger partial charge in [0.25, 0.3) is 11.8 Å². The Labute approximate surface area is 145 Å². The zero-order valence-corrected chi connectivity index (χ0v) is 13.3. The molecule has 0 aliphatic carbocycles. The van der Waals surface area contributed by atoms with Gasteiger partial charge in [0.2, 0.25) is 5.69 Å². The zero-order valence-electron chi connectivity index (χ0n) is 13.3. The maximum Gasteiger partial charge on any atom is 0.427 e. The minimum atomic E-state index is -0.531. The summed E-state index contributed by atoms with van der Waals surface area (Å²) in [5.74, 6) is 0.227. The molecule has 4 aromatic rings. The van der Waals surface area contributed by atoms with E-state index in [0.717, 1.165) is 0 Å². The topological polar surface area (TPSA) is 119 Å². The third kappa shape index (κ3) is 2.91. The van der Waals surface area contributed by atoms with E-state index in [1.54, 1.807) is 48.6 Å². The predicted octanol–water partition coefficient (Wildman–Crippen LogP) is 0.725. The van der Waals surface area contributed by atoms with Crippen LogP contribution in [0.5, 0.6) is 5.75 Å². The van der Waals surface area contributed by atoms with Crippen molar-refractivity contribution < 1.29 is 14.3 Å². The lowest BCUT2D eigenvalue weighted by molar-refractivity contribution is -0.670. The molecular weight excluding hydrogens is 336 g/mol. The van der Waals surface area contributed by atoms with E-state index in [1.807, 2.05) is 0 Å². The van der Waals surface area contributed by atoms with Crippen LogP contribution in [0.1, 0.15) is 11.4 Å². The minimum Gasteiger partial charge on any atom is -0.872 e. The van der Waals surface area contributed by atoms with Gasteiger partial charge < -0.3 is 10.1 Å². The summed E-state index contributed by atoms with van der Waals surface area (Å²) in [6.45, 7) is 0. The molecule has 2 aromatic carbocycles. The van der Waals surface area contributed by atoms with Crippen molar-refractivity contribution >= 4 is 23.1 Å². The lowest BCUT2D eigenvalue weighted by Gasteiger charge is -2.08. The Morgan fingerprint density at radius 3 is 2.73 bits per heavy atom. The van der Waals surface area contributed by atoms with E-state index in [1.165, 1.54) is 16.9 Å². The van der Waals surface area contributed by atoms with Crippen LogP contribution in [0.2, 0.25) is 0 Å². The number of para-hydroxylation sites is 1. The molecule has 2 N–H and O–H groups in total. The van der Waals surface area contributed by atoms with E-state index < -0.39 is 5.63 Å². The summed E-state index contributed by atoms with van der Waals surface area (Å²) in [6, 6.07) is 11.5. The highest BCUT2D eigenvalue weighted by Gasteiger charge is 2.13. The SMILES string of the molecule is O=c1c[n+](-c2ccc3nc(/C=C\c4ccccc4[O-])[nH]c(=O)c3c2)[nH]o1. The third-order valence-electron chi connectivity index (χ3n) is 3.80. The lowest BCUT2D eigenvalue weighted by Crippen LogP contribution is -2.32. The maximum atomic E-state index is 12.4. The second-order valence-electron chi connectivity index (χ2n) is 5.54. The number of benzene rings is 2. The molecule has 0 spiro atoms. The average molecular weight is 348 g/mol.